The van der Waals surface area contributed by atoms with Crippen LogP contribution in [-0.2, 0) is 9.47 Å². The first-order valence-electron chi connectivity index (χ1n) is 9.50. The van der Waals surface area contributed by atoms with Crippen molar-refractivity contribution in [2.24, 2.45) is 0 Å². The summed E-state index contributed by atoms with van der Waals surface area (Å²) in [5.41, 5.74) is 0. The number of aromatic nitrogens is 3. The van der Waals surface area contributed by atoms with E-state index < -0.39 is 5.79 Å². The molecule has 150 valence electrons. The van der Waals surface area contributed by atoms with Gasteiger partial charge in [0.2, 0.25) is 5.95 Å². The summed E-state index contributed by atoms with van der Waals surface area (Å²) in [5.74, 6) is 2.49. The zero-order chi connectivity index (χ0) is 19.2. The minimum Gasteiger partial charge on any atom is -0.497 e. The molecule has 0 unspecified atom stereocenters. The summed E-state index contributed by atoms with van der Waals surface area (Å²) in [7, 11) is 1.64. The number of benzene rings is 1. The molecule has 2 aromatic rings. The second-order valence-electron chi connectivity index (χ2n) is 6.68. The summed E-state index contributed by atoms with van der Waals surface area (Å²) < 4.78 is 22.4. The van der Waals surface area contributed by atoms with E-state index >= 15 is 0 Å². The van der Waals surface area contributed by atoms with E-state index in [4.69, 9.17) is 18.9 Å². The maximum absolute atomic E-state index is 5.77. The van der Waals surface area contributed by atoms with Gasteiger partial charge in [-0.05, 0) is 24.3 Å². The fraction of sp³-hybridized carbons (Fsp3) is 0.526. The molecule has 9 heteroatoms. The average molecular weight is 387 g/mol. The fourth-order valence-corrected chi connectivity index (χ4v) is 3.39. The van der Waals surface area contributed by atoms with Crippen molar-refractivity contribution < 1.29 is 18.9 Å². The topological polar surface area (TPSA) is 90.9 Å². The van der Waals surface area contributed by atoms with Gasteiger partial charge in [0.05, 0.1) is 33.1 Å². The lowest BCUT2D eigenvalue weighted by atomic mass is 10.0. The van der Waals surface area contributed by atoms with Gasteiger partial charge in [-0.25, -0.2) is 0 Å². The smallest absolute Gasteiger partial charge is 0.244 e. The Bertz CT molecular complexity index is 757. The highest BCUT2D eigenvalue weighted by molar-refractivity contribution is 5.40. The SMILES string of the molecule is COc1ccc(OCCNc2nncc(N3CCC4(CC3)OCCO4)n2)cc1. The molecule has 1 aromatic carbocycles. The van der Waals surface area contributed by atoms with Crippen molar-refractivity contribution in [1.29, 1.82) is 0 Å². The molecule has 0 amide bonds. The van der Waals surface area contributed by atoms with Crippen LogP contribution in [0.1, 0.15) is 12.8 Å². The highest BCUT2D eigenvalue weighted by Crippen LogP contribution is 2.32. The standard InChI is InChI=1S/C19H25N5O4/c1-25-15-2-4-16(5-3-15)26-11-8-20-18-22-17(14-21-23-18)24-9-6-19(7-10-24)27-12-13-28-19/h2-5,14H,6-13H2,1H3,(H,20,22,23). The van der Waals surface area contributed by atoms with Crippen molar-refractivity contribution in [3.63, 3.8) is 0 Å². The molecular weight excluding hydrogens is 362 g/mol. The van der Waals surface area contributed by atoms with Crippen molar-refractivity contribution in [1.82, 2.24) is 15.2 Å². The van der Waals surface area contributed by atoms with E-state index in [1.54, 1.807) is 13.3 Å². The molecule has 9 nitrogen and oxygen atoms in total. The molecular formula is C19H25N5O4. The Balaban J connectivity index is 1.24. The number of piperidine rings is 1. The van der Waals surface area contributed by atoms with Crippen LogP contribution in [0.15, 0.2) is 30.5 Å². The molecule has 1 aromatic heterocycles. The third-order valence-corrected chi connectivity index (χ3v) is 4.92. The normalized spacial score (nSPS) is 18.2. The molecule has 2 aliphatic rings. The third-order valence-electron chi connectivity index (χ3n) is 4.92. The maximum Gasteiger partial charge on any atom is 0.244 e. The van der Waals surface area contributed by atoms with Gasteiger partial charge in [0.15, 0.2) is 11.6 Å². The number of rotatable bonds is 7. The minimum absolute atomic E-state index is 0.392. The molecule has 0 radical (unpaired) electrons. The molecule has 0 aliphatic carbocycles. The van der Waals surface area contributed by atoms with Gasteiger partial charge in [-0.2, -0.15) is 10.1 Å². The molecule has 0 bridgehead atoms. The molecule has 3 heterocycles. The lowest BCUT2D eigenvalue weighted by Crippen LogP contribution is -2.45. The van der Waals surface area contributed by atoms with Gasteiger partial charge >= 0.3 is 0 Å². The first-order valence-corrected chi connectivity index (χ1v) is 9.50. The van der Waals surface area contributed by atoms with Gasteiger partial charge in [0, 0.05) is 25.9 Å². The Morgan fingerprint density at radius 2 is 1.82 bits per heavy atom. The first kappa shape index (κ1) is 18.7. The van der Waals surface area contributed by atoms with E-state index in [1.807, 2.05) is 24.3 Å². The molecule has 4 rings (SSSR count). The second kappa shape index (κ2) is 8.57. The number of methoxy groups -OCH3 is 1. The Kier molecular flexibility index (Phi) is 5.73. The van der Waals surface area contributed by atoms with Crippen LogP contribution < -0.4 is 19.7 Å². The summed E-state index contributed by atoms with van der Waals surface area (Å²) in [6.07, 6.45) is 3.35. The highest BCUT2D eigenvalue weighted by atomic mass is 16.7. The Morgan fingerprint density at radius 1 is 1.11 bits per heavy atom. The highest BCUT2D eigenvalue weighted by Gasteiger charge is 2.40. The van der Waals surface area contributed by atoms with Crippen LogP contribution in [-0.4, -0.2) is 67.5 Å². The number of hydrogen-bond donors (Lipinski definition) is 1. The van der Waals surface area contributed by atoms with Gasteiger partial charge < -0.3 is 29.2 Å². The van der Waals surface area contributed by atoms with Gasteiger partial charge in [-0.3, -0.25) is 0 Å². The summed E-state index contributed by atoms with van der Waals surface area (Å²) >= 11 is 0. The van der Waals surface area contributed by atoms with Crippen LogP contribution >= 0.6 is 0 Å². The number of nitrogens with zero attached hydrogens (tertiary/aromatic N) is 4. The van der Waals surface area contributed by atoms with Crippen molar-refractivity contribution >= 4 is 11.8 Å². The van der Waals surface area contributed by atoms with Crippen LogP contribution in [0.4, 0.5) is 11.8 Å². The average Bonchev–Trinajstić information content (AvgIpc) is 3.20. The lowest BCUT2D eigenvalue weighted by molar-refractivity contribution is -0.169. The molecule has 2 saturated heterocycles. The van der Waals surface area contributed by atoms with Gasteiger partial charge in [-0.15, -0.1) is 5.10 Å². The molecule has 1 spiro atoms. The van der Waals surface area contributed by atoms with Crippen LogP contribution in [0.25, 0.3) is 0 Å². The molecule has 2 aliphatic heterocycles. The summed E-state index contributed by atoms with van der Waals surface area (Å²) in [6.45, 7) is 4.06. The first-order chi connectivity index (χ1) is 13.8. The molecule has 2 fully saturated rings. The van der Waals surface area contributed by atoms with Gasteiger partial charge in [-0.1, -0.05) is 0 Å². The summed E-state index contributed by atoms with van der Waals surface area (Å²) in [6, 6.07) is 7.48. The van der Waals surface area contributed by atoms with Crippen LogP contribution in [0, 0.1) is 0 Å². The number of ether oxygens (including phenoxy) is 4. The second-order valence-corrected chi connectivity index (χ2v) is 6.68. The van der Waals surface area contributed by atoms with E-state index in [1.165, 1.54) is 0 Å². The number of nitrogens with one attached hydrogen (secondary N) is 1. The largest absolute Gasteiger partial charge is 0.497 e. The predicted molar refractivity (Wildman–Crippen MR) is 103 cm³/mol. The van der Waals surface area contributed by atoms with Crippen molar-refractivity contribution in [2.75, 3.05) is 56.8 Å². The van der Waals surface area contributed by atoms with E-state index in [-0.39, 0.29) is 0 Å². The Morgan fingerprint density at radius 3 is 2.54 bits per heavy atom. The van der Waals surface area contributed by atoms with E-state index in [0.29, 0.717) is 32.3 Å². The zero-order valence-corrected chi connectivity index (χ0v) is 16.0. The van der Waals surface area contributed by atoms with Crippen LogP contribution in [0.3, 0.4) is 0 Å². The monoisotopic (exact) mass is 387 g/mol. The molecule has 1 N–H and O–H groups in total. The maximum atomic E-state index is 5.77. The lowest BCUT2D eigenvalue weighted by Gasteiger charge is -2.37. The Labute approximate surface area is 164 Å². The van der Waals surface area contributed by atoms with Crippen LogP contribution in [0.2, 0.25) is 0 Å². The molecule has 28 heavy (non-hydrogen) atoms. The number of anilines is 2. The molecule has 0 atom stereocenters. The summed E-state index contributed by atoms with van der Waals surface area (Å²) in [5, 5.41) is 11.3. The minimum atomic E-state index is -0.392. The van der Waals surface area contributed by atoms with Crippen molar-refractivity contribution in [2.45, 2.75) is 18.6 Å². The van der Waals surface area contributed by atoms with Crippen molar-refractivity contribution in [3.05, 3.63) is 30.5 Å². The van der Waals surface area contributed by atoms with E-state index in [9.17, 15) is 0 Å². The van der Waals surface area contributed by atoms with Crippen molar-refractivity contribution in [3.8, 4) is 11.5 Å². The predicted octanol–water partition coefficient (Wildman–Crippen LogP) is 1.71. The Hall–Kier alpha value is -2.65. The molecule has 0 saturated carbocycles. The quantitative estimate of drug-likeness (QED) is 0.713. The van der Waals surface area contributed by atoms with E-state index in [0.717, 1.165) is 43.2 Å². The van der Waals surface area contributed by atoms with Gasteiger partial charge in [0.1, 0.15) is 18.1 Å². The van der Waals surface area contributed by atoms with E-state index in [2.05, 4.69) is 25.4 Å². The van der Waals surface area contributed by atoms with Gasteiger partial charge in [0.25, 0.3) is 0 Å². The fourth-order valence-electron chi connectivity index (χ4n) is 3.39. The summed E-state index contributed by atoms with van der Waals surface area (Å²) in [4.78, 5) is 6.75. The number of hydrogen-bond acceptors (Lipinski definition) is 9. The third kappa shape index (κ3) is 4.42. The van der Waals surface area contributed by atoms with Crippen LogP contribution in [0.5, 0.6) is 11.5 Å². The zero-order valence-electron chi connectivity index (χ0n) is 16.0.